The lowest BCUT2D eigenvalue weighted by Gasteiger charge is -2.38. The highest BCUT2D eigenvalue weighted by atomic mass is 16.5. The molecule has 0 bridgehead atoms. The van der Waals surface area contributed by atoms with E-state index in [9.17, 15) is 0 Å². The van der Waals surface area contributed by atoms with E-state index in [-0.39, 0.29) is 17.4 Å². The molecular weight excluding hydrogens is 524 g/mol. The fraction of sp³-hybridized carbons (Fsp3) is 0.415. The van der Waals surface area contributed by atoms with Crippen molar-refractivity contribution in [3.63, 3.8) is 0 Å². The van der Waals surface area contributed by atoms with Gasteiger partial charge in [0.1, 0.15) is 5.75 Å². The van der Waals surface area contributed by atoms with Crippen molar-refractivity contribution in [1.82, 2.24) is 0 Å². The Morgan fingerprint density at radius 3 is 1.26 bits per heavy atom. The second kappa shape index (κ2) is 13.5. The molecular formula is C41H52O2. The molecule has 4 rings (SSSR count). The predicted molar refractivity (Wildman–Crippen MR) is 183 cm³/mol. The molecule has 0 aliphatic carbocycles. The zero-order chi connectivity index (χ0) is 31.3. The summed E-state index contributed by atoms with van der Waals surface area (Å²) in [5, 5.41) is 9.08. The lowest BCUT2D eigenvalue weighted by Crippen LogP contribution is -2.31. The van der Waals surface area contributed by atoms with Crippen molar-refractivity contribution in [2.24, 2.45) is 0 Å². The molecule has 0 fully saturated rings. The fourth-order valence-electron chi connectivity index (χ4n) is 5.94. The second-order valence-corrected chi connectivity index (χ2v) is 14.3. The van der Waals surface area contributed by atoms with E-state index in [0.717, 1.165) is 25.0 Å². The van der Waals surface area contributed by atoms with Gasteiger partial charge in [0.15, 0.2) is 0 Å². The number of aliphatic hydroxyl groups is 1. The molecule has 0 aliphatic rings. The van der Waals surface area contributed by atoms with Gasteiger partial charge in [-0.3, -0.25) is 0 Å². The number of unbranched alkanes of at least 4 members (excludes halogenated alkanes) is 2. The van der Waals surface area contributed by atoms with Gasteiger partial charge in [0.25, 0.3) is 0 Å². The Hall–Kier alpha value is -3.36. The van der Waals surface area contributed by atoms with E-state index in [2.05, 4.69) is 152 Å². The Labute approximate surface area is 261 Å². The summed E-state index contributed by atoms with van der Waals surface area (Å²) in [5.41, 5.74) is 8.59. The summed E-state index contributed by atoms with van der Waals surface area (Å²) in [5.74, 6) is 1.34. The van der Waals surface area contributed by atoms with Crippen LogP contribution in [0.15, 0.2) is 97.1 Å². The molecule has 0 spiro atoms. The number of hydrogen-bond donors (Lipinski definition) is 1. The first kappa shape index (κ1) is 32.6. The van der Waals surface area contributed by atoms with Crippen molar-refractivity contribution in [3.8, 4) is 5.75 Å². The van der Waals surface area contributed by atoms with Crippen molar-refractivity contribution >= 4 is 0 Å². The summed E-state index contributed by atoms with van der Waals surface area (Å²) < 4.78 is 6.10. The smallest absolute Gasteiger partial charge is 0.119 e. The fourth-order valence-corrected chi connectivity index (χ4v) is 5.94. The van der Waals surface area contributed by atoms with Gasteiger partial charge in [-0.1, -0.05) is 140 Å². The number of hydrogen-bond acceptors (Lipinski definition) is 2. The molecule has 0 aliphatic heterocycles. The van der Waals surface area contributed by atoms with E-state index in [4.69, 9.17) is 9.84 Å². The van der Waals surface area contributed by atoms with Crippen molar-refractivity contribution in [1.29, 1.82) is 0 Å². The molecule has 4 aromatic carbocycles. The van der Waals surface area contributed by atoms with E-state index in [1.807, 2.05) is 0 Å². The van der Waals surface area contributed by atoms with Crippen LogP contribution in [0.25, 0.3) is 0 Å². The summed E-state index contributed by atoms with van der Waals surface area (Å²) in [6, 6.07) is 36.5. The van der Waals surface area contributed by atoms with E-state index in [0.29, 0.717) is 12.5 Å². The van der Waals surface area contributed by atoms with Crippen LogP contribution >= 0.6 is 0 Å². The Kier molecular flexibility index (Phi) is 10.2. The Morgan fingerprint density at radius 1 is 0.512 bits per heavy atom. The maximum absolute atomic E-state index is 9.08. The van der Waals surface area contributed by atoms with E-state index in [1.165, 1.54) is 38.9 Å². The topological polar surface area (TPSA) is 29.5 Å². The monoisotopic (exact) mass is 576 g/mol. The normalized spacial score (nSPS) is 12.5. The second-order valence-electron chi connectivity index (χ2n) is 14.3. The maximum atomic E-state index is 9.08. The average molecular weight is 577 g/mol. The zero-order valence-electron chi connectivity index (χ0n) is 27.7. The quantitative estimate of drug-likeness (QED) is 0.142. The molecule has 0 amide bonds. The highest BCUT2D eigenvalue weighted by Gasteiger charge is 2.39. The molecule has 0 heterocycles. The minimum absolute atomic E-state index is 0.0740. The number of benzene rings is 4. The van der Waals surface area contributed by atoms with Gasteiger partial charge < -0.3 is 9.84 Å². The Balaban J connectivity index is 1.92. The van der Waals surface area contributed by atoms with E-state index in [1.54, 1.807) is 0 Å². The minimum atomic E-state index is -0.512. The Morgan fingerprint density at radius 2 is 0.884 bits per heavy atom. The molecule has 228 valence electrons. The standard InChI is InChI=1S/C41H52O2/c1-30(2)31-12-14-34(15-13-31)41(35-20-16-32(17-21-35)39(3,4)5,36-22-18-33(19-23-36)40(6,7)8)37-24-26-38(27-25-37)43-29-11-9-10-28-42/h12-27,30,42H,9-11,28-29H2,1-8H3. The van der Waals surface area contributed by atoms with Crippen LogP contribution in [0.3, 0.4) is 0 Å². The van der Waals surface area contributed by atoms with Gasteiger partial charge in [-0.2, -0.15) is 0 Å². The maximum Gasteiger partial charge on any atom is 0.119 e. The molecule has 0 atom stereocenters. The summed E-state index contributed by atoms with van der Waals surface area (Å²) in [6.45, 7) is 19.0. The summed E-state index contributed by atoms with van der Waals surface area (Å²) in [4.78, 5) is 0. The lowest BCUT2D eigenvalue weighted by atomic mass is 9.64. The summed E-state index contributed by atoms with van der Waals surface area (Å²) in [7, 11) is 0. The van der Waals surface area contributed by atoms with Crippen LogP contribution in [0.4, 0.5) is 0 Å². The van der Waals surface area contributed by atoms with E-state index >= 15 is 0 Å². The van der Waals surface area contributed by atoms with Crippen molar-refractivity contribution < 1.29 is 9.84 Å². The number of aliphatic hydroxyl groups excluding tert-OH is 1. The van der Waals surface area contributed by atoms with Crippen LogP contribution < -0.4 is 4.74 Å². The SMILES string of the molecule is CC(C)c1ccc(C(c2ccc(OCCCCCO)cc2)(c2ccc(C(C)(C)C)cc2)c2ccc(C(C)(C)C)cc2)cc1. The zero-order valence-corrected chi connectivity index (χ0v) is 27.7. The van der Waals surface area contributed by atoms with Gasteiger partial charge in [0, 0.05) is 6.61 Å². The molecule has 0 unspecified atom stereocenters. The van der Waals surface area contributed by atoms with Crippen LogP contribution in [0.2, 0.25) is 0 Å². The number of rotatable bonds is 11. The molecule has 0 aromatic heterocycles. The van der Waals surface area contributed by atoms with Crippen LogP contribution in [0.5, 0.6) is 5.75 Å². The molecule has 0 saturated heterocycles. The van der Waals surface area contributed by atoms with Gasteiger partial charge in [-0.25, -0.2) is 0 Å². The Bertz CT molecular complexity index is 1360. The first-order valence-corrected chi connectivity index (χ1v) is 16.0. The third-order valence-corrected chi connectivity index (χ3v) is 8.74. The van der Waals surface area contributed by atoms with Crippen molar-refractivity contribution in [3.05, 3.63) is 136 Å². The molecule has 1 N–H and O–H groups in total. The molecule has 4 aromatic rings. The van der Waals surface area contributed by atoms with Gasteiger partial charge in [-0.05, 0) is 87.1 Å². The summed E-state index contributed by atoms with van der Waals surface area (Å²) in [6.07, 6.45) is 2.73. The van der Waals surface area contributed by atoms with Gasteiger partial charge in [-0.15, -0.1) is 0 Å². The molecule has 43 heavy (non-hydrogen) atoms. The van der Waals surface area contributed by atoms with Crippen LogP contribution in [0.1, 0.15) is 120 Å². The summed E-state index contributed by atoms with van der Waals surface area (Å²) >= 11 is 0. The van der Waals surface area contributed by atoms with Crippen LogP contribution in [-0.4, -0.2) is 18.3 Å². The molecule has 0 saturated carbocycles. The number of ether oxygens (including phenoxy) is 1. The molecule has 2 nitrogen and oxygen atoms in total. The predicted octanol–water partition coefficient (Wildman–Crippen LogP) is 10.3. The highest BCUT2D eigenvalue weighted by molar-refractivity contribution is 5.61. The first-order valence-electron chi connectivity index (χ1n) is 16.0. The van der Waals surface area contributed by atoms with Gasteiger partial charge in [0.2, 0.25) is 0 Å². The third kappa shape index (κ3) is 7.42. The van der Waals surface area contributed by atoms with Gasteiger partial charge >= 0.3 is 0 Å². The molecule has 2 heteroatoms. The van der Waals surface area contributed by atoms with Crippen LogP contribution in [-0.2, 0) is 16.2 Å². The van der Waals surface area contributed by atoms with Crippen LogP contribution in [0, 0.1) is 0 Å². The molecule has 0 radical (unpaired) electrons. The van der Waals surface area contributed by atoms with Crippen molar-refractivity contribution in [2.45, 2.75) is 96.8 Å². The average Bonchev–Trinajstić information content (AvgIpc) is 2.98. The highest BCUT2D eigenvalue weighted by Crippen LogP contribution is 2.46. The third-order valence-electron chi connectivity index (χ3n) is 8.74. The minimum Gasteiger partial charge on any atom is -0.494 e. The van der Waals surface area contributed by atoms with Gasteiger partial charge in [0.05, 0.1) is 12.0 Å². The lowest BCUT2D eigenvalue weighted by molar-refractivity contribution is 0.266. The van der Waals surface area contributed by atoms with Crippen molar-refractivity contribution in [2.75, 3.05) is 13.2 Å². The first-order chi connectivity index (χ1) is 20.4. The largest absolute Gasteiger partial charge is 0.494 e. The van der Waals surface area contributed by atoms with E-state index < -0.39 is 5.41 Å².